The van der Waals surface area contributed by atoms with Gasteiger partial charge in [-0.2, -0.15) is 4.98 Å². The molecule has 8 heteroatoms. The molecule has 0 unspecified atom stereocenters. The lowest BCUT2D eigenvalue weighted by Gasteiger charge is -2.09. The molecule has 0 amide bonds. The minimum Gasteiger partial charge on any atom is -0.395 e. The lowest BCUT2D eigenvalue weighted by atomic mass is 10.3. The van der Waals surface area contributed by atoms with Crippen LogP contribution in [0.3, 0.4) is 0 Å². The Balaban J connectivity index is 0.00000116. The van der Waals surface area contributed by atoms with E-state index in [0.717, 1.165) is 15.1 Å². The highest BCUT2D eigenvalue weighted by molar-refractivity contribution is 9.10. The second-order valence-corrected chi connectivity index (χ2v) is 5.37. The Bertz CT molecular complexity index is 568. The number of nitrogens with zero attached hydrogens (tertiary/aromatic N) is 2. The first-order valence-corrected chi connectivity index (χ1v) is 8.51. The summed E-state index contributed by atoms with van der Waals surface area (Å²) in [5.41, 5.74) is 0.873. The Morgan fingerprint density at radius 3 is 2.55 bits per heavy atom. The van der Waals surface area contributed by atoms with Gasteiger partial charge in [-0.1, -0.05) is 13.8 Å². The molecule has 22 heavy (non-hydrogen) atoms. The molecule has 0 spiro atoms. The fraction of sp³-hybridized carbons (Fsp3) is 0.286. The molecule has 1 aromatic carbocycles. The maximum Gasteiger partial charge on any atom is 0.229 e. The van der Waals surface area contributed by atoms with E-state index in [4.69, 9.17) is 10.2 Å². The standard InChI is InChI=1S/C12H14BrN5OS.C2H6/c13-10-7-16-12(18-11(10)15-5-6-19)17-8-1-3-9(20-14)4-2-8;1-2/h1-4,7,19H,5-6,14H2,(H2,15,16,17,18);1-2H3. The average molecular weight is 386 g/mol. The molecule has 6 nitrogen and oxygen atoms in total. The van der Waals surface area contributed by atoms with Crippen LogP contribution in [0.25, 0.3) is 0 Å². The highest BCUT2D eigenvalue weighted by atomic mass is 79.9. The fourth-order valence-electron chi connectivity index (χ4n) is 1.47. The van der Waals surface area contributed by atoms with Gasteiger partial charge in [0.25, 0.3) is 0 Å². The van der Waals surface area contributed by atoms with Crippen molar-refractivity contribution in [1.82, 2.24) is 9.97 Å². The number of anilines is 3. The van der Waals surface area contributed by atoms with Crippen LogP contribution >= 0.6 is 27.9 Å². The number of hydrogen-bond acceptors (Lipinski definition) is 7. The van der Waals surface area contributed by atoms with Gasteiger partial charge in [0, 0.05) is 23.3 Å². The van der Waals surface area contributed by atoms with Crippen molar-refractivity contribution in [2.75, 3.05) is 23.8 Å². The minimum atomic E-state index is 0.0391. The summed E-state index contributed by atoms with van der Waals surface area (Å²) in [4.78, 5) is 9.49. The van der Waals surface area contributed by atoms with Crippen molar-refractivity contribution < 1.29 is 5.11 Å². The molecule has 5 N–H and O–H groups in total. The van der Waals surface area contributed by atoms with E-state index in [9.17, 15) is 0 Å². The average Bonchev–Trinajstić information content (AvgIpc) is 2.58. The molecule has 0 saturated carbocycles. The molecule has 0 aliphatic carbocycles. The van der Waals surface area contributed by atoms with Crippen LogP contribution in [0.2, 0.25) is 0 Å². The number of benzene rings is 1. The largest absolute Gasteiger partial charge is 0.395 e. The molecule has 2 aromatic rings. The van der Waals surface area contributed by atoms with Gasteiger partial charge >= 0.3 is 0 Å². The topological polar surface area (TPSA) is 96.1 Å². The van der Waals surface area contributed by atoms with Crippen LogP contribution in [0.15, 0.2) is 39.8 Å². The van der Waals surface area contributed by atoms with Gasteiger partial charge < -0.3 is 15.7 Å². The van der Waals surface area contributed by atoms with Crippen molar-refractivity contribution in [3.8, 4) is 0 Å². The van der Waals surface area contributed by atoms with E-state index in [1.165, 1.54) is 11.9 Å². The number of aliphatic hydroxyl groups excluding tert-OH is 1. The number of aromatic nitrogens is 2. The molecule has 0 fully saturated rings. The van der Waals surface area contributed by atoms with Crippen molar-refractivity contribution in [3.05, 3.63) is 34.9 Å². The number of halogens is 1. The first-order valence-electron chi connectivity index (χ1n) is 6.84. The molecule has 0 saturated heterocycles. The number of aliphatic hydroxyl groups is 1. The van der Waals surface area contributed by atoms with E-state index in [-0.39, 0.29) is 6.61 Å². The summed E-state index contributed by atoms with van der Waals surface area (Å²) < 4.78 is 0.742. The van der Waals surface area contributed by atoms with Crippen molar-refractivity contribution in [2.45, 2.75) is 18.7 Å². The molecular formula is C14H20BrN5OS. The lowest BCUT2D eigenvalue weighted by molar-refractivity contribution is 0.311. The number of nitrogens with two attached hydrogens (primary N) is 1. The molecule has 2 rings (SSSR count). The van der Waals surface area contributed by atoms with E-state index in [1.54, 1.807) is 6.20 Å². The number of hydrogen-bond donors (Lipinski definition) is 4. The Kier molecular flexibility index (Phi) is 8.83. The Hall–Kier alpha value is -1.35. The number of rotatable bonds is 6. The van der Waals surface area contributed by atoms with Crippen molar-refractivity contribution in [3.63, 3.8) is 0 Å². The third-order valence-corrected chi connectivity index (χ3v) is 3.52. The molecule has 0 atom stereocenters. The van der Waals surface area contributed by atoms with Crippen LogP contribution in [-0.2, 0) is 0 Å². The van der Waals surface area contributed by atoms with Gasteiger partial charge in [-0.3, -0.25) is 5.14 Å². The van der Waals surface area contributed by atoms with Crippen LogP contribution in [0, 0.1) is 0 Å². The second-order valence-electron chi connectivity index (χ2n) is 3.81. The zero-order valence-electron chi connectivity index (χ0n) is 12.5. The van der Waals surface area contributed by atoms with E-state index in [0.29, 0.717) is 18.3 Å². The molecular weight excluding hydrogens is 366 g/mol. The Morgan fingerprint density at radius 1 is 1.27 bits per heavy atom. The summed E-state index contributed by atoms with van der Waals surface area (Å²) in [5, 5.41) is 20.4. The predicted octanol–water partition coefficient (Wildman–Crippen LogP) is 3.38. The van der Waals surface area contributed by atoms with Crippen LogP contribution in [0.4, 0.5) is 17.5 Å². The highest BCUT2D eigenvalue weighted by Crippen LogP contribution is 2.22. The highest BCUT2D eigenvalue weighted by Gasteiger charge is 2.05. The summed E-state index contributed by atoms with van der Waals surface area (Å²) in [6.45, 7) is 4.47. The molecule has 1 aromatic heterocycles. The van der Waals surface area contributed by atoms with Crippen LogP contribution in [0.1, 0.15) is 13.8 Å². The van der Waals surface area contributed by atoms with Gasteiger partial charge in [-0.15, -0.1) is 0 Å². The Labute approximate surface area is 143 Å². The van der Waals surface area contributed by atoms with Gasteiger partial charge in [0.15, 0.2) is 0 Å². The quantitative estimate of drug-likeness (QED) is 0.565. The fourth-order valence-corrected chi connectivity index (χ4v) is 2.10. The summed E-state index contributed by atoms with van der Waals surface area (Å²) in [6, 6.07) is 7.64. The third-order valence-electron chi connectivity index (χ3n) is 2.39. The first-order chi connectivity index (χ1) is 10.7. The van der Waals surface area contributed by atoms with Crippen molar-refractivity contribution in [2.24, 2.45) is 5.14 Å². The minimum absolute atomic E-state index is 0.0391. The Morgan fingerprint density at radius 2 is 1.95 bits per heavy atom. The maximum atomic E-state index is 8.82. The van der Waals surface area contributed by atoms with Crippen LogP contribution in [0.5, 0.6) is 0 Å². The van der Waals surface area contributed by atoms with Gasteiger partial charge in [-0.25, -0.2) is 4.98 Å². The van der Waals surface area contributed by atoms with Gasteiger partial charge in [-0.05, 0) is 52.1 Å². The van der Waals surface area contributed by atoms with Crippen molar-refractivity contribution in [1.29, 1.82) is 0 Å². The molecule has 0 bridgehead atoms. The van der Waals surface area contributed by atoms with Crippen molar-refractivity contribution >= 4 is 45.3 Å². The van der Waals surface area contributed by atoms with E-state index < -0.39 is 0 Å². The van der Waals surface area contributed by atoms with Gasteiger partial charge in [0.05, 0.1) is 11.1 Å². The summed E-state index contributed by atoms with van der Waals surface area (Å²) >= 11 is 4.55. The molecule has 1 heterocycles. The molecule has 0 radical (unpaired) electrons. The smallest absolute Gasteiger partial charge is 0.229 e. The zero-order valence-corrected chi connectivity index (χ0v) is 14.9. The monoisotopic (exact) mass is 385 g/mol. The summed E-state index contributed by atoms with van der Waals surface area (Å²) in [6.07, 6.45) is 1.65. The summed E-state index contributed by atoms with van der Waals surface area (Å²) in [5.74, 6) is 1.10. The lowest BCUT2D eigenvalue weighted by Crippen LogP contribution is -2.09. The zero-order chi connectivity index (χ0) is 16.4. The predicted molar refractivity (Wildman–Crippen MR) is 96.4 cm³/mol. The normalized spacial score (nSPS) is 9.68. The molecule has 0 aliphatic rings. The first kappa shape index (κ1) is 18.7. The van der Waals surface area contributed by atoms with Gasteiger partial charge in [0.2, 0.25) is 5.95 Å². The van der Waals surface area contributed by atoms with Crippen LogP contribution < -0.4 is 15.8 Å². The number of nitrogens with one attached hydrogen (secondary N) is 2. The molecule has 120 valence electrons. The third kappa shape index (κ3) is 5.80. The second kappa shape index (κ2) is 10.4. The molecule has 0 aliphatic heterocycles. The van der Waals surface area contributed by atoms with E-state index >= 15 is 0 Å². The van der Waals surface area contributed by atoms with Crippen LogP contribution in [-0.4, -0.2) is 28.2 Å². The van der Waals surface area contributed by atoms with Gasteiger partial charge in [0.1, 0.15) is 5.82 Å². The van der Waals surface area contributed by atoms with E-state index in [1.807, 2.05) is 38.1 Å². The van der Waals surface area contributed by atoms with E-state index in [2.05, 4.69) is 36.5 Å². The SMILES string of the molecule is CC.NSc1ccc(Nc2ncc(Br)c(NCCO)n2)cc1. The summed E-state index contributed by atoms with van der Waals surface area (Å²) in [7, 11) is 0. The maximum absolute atomic E-state index is 8.82.